The molecule has 0 radical (unpaired) electrons. The standard InChI is InChI=1S/C18H31N/c1-7-14(8-2)16-11-12-18(19(5)6)17(13-16)15(9-3)10-4/h11-15H,7-10H2,1-6H3. The molecule has 0 unspecified atom stereocenters. The van der Waals surface area contributed by atoms with E-state index >= 15 is 0 Å². The second kappa shape index (κ2) is 7.57. The summed E-state index contributed by atoms with van der Waals surface area (Å²) in [5, 5.41) is 0. The lowest BCUT2D eigenvalue weighted by Gasteiger charge is -2.25. The summed E-state index contributed by atoms with van der Waals surface area (Å²) in [6.45, 7) is 9.20. The fourth-order valence-corrected chi connectivity index (χ4v) is 3.05. The smallest absolute Gasteiger partial charge is 0.0396 e. The largest absolute Gasteiger partial charge is 0.377 e. The van der Waals surface area contributed by atoms with Crippen molar-refractivity contribution in [2.24, 2.45) is 0 Å². The van der Waals surface area contributed by atoms with Crippen molar-refractivity contribution < 1.29 is 0 Å². The first kappa shape index (κ1) is 16.1. The van der Waals surface area contributed by atoms with E-state index in [1.807, 2.05) is 0 Å². The number of hydrogen-bond donors (Lipinski definition) is 0. The van der Waals surface area contributed by atoms with Crippen LogP contribution in [0.1, 0.15) is 76.3 Å². The van der Waals surface area contributed by atoms with E-state index in [0.29, 0.717) is 11.8 Å². The molecule has 1 heteroatoms. The van der Waals surface area contributed by atoms with Crippen molar-refractivity contribution in [1.82, 2.24) is 0 Å². The van der Waals surface area contributed by atoms with Gasteiger partial charge < -0.3 is 4.90 Å². The van der Waals surface area contributed by atoms with Crippen LogP contribution in [0.3, 0.4) is 0 Å². The number of rotatable bonds is 7. The van der Waals surface area contributed by atoms with E-state index in [-0.39, 0.29) is 0 Å². The van der Waals surface area contributed by atoms with Crippen molar-refractivity contribution >= 4 is 5.69 Å². The summed E-state index contributed by atoms with van der Waals surface area (Å²) in [6.07, 6.45) is 4.92. The van der Waals surface area contributed by atoms with Gasteiger partial charge in [0.05, 0.1) is 0 Å². The van der Waals surface area contributed by atoms with E-state index in [0.717, 1.165) is 0 Å². The molecule has 0 spiro atoms. The highest BCUT2D eigenvalue weighted by Gasteiger charge is 2.16. The van der Waals surface area contributed by atoms with Gasteiger partial charge in [0.15, 0.2) is 0 Å². The van der Waals surface area contributed by atoms with Crippen LogP contribution in [-0.4, -0.2) is 14.1 Å². The first-order valence-electron chi connectivity index (χ1n) is 7.89. The average molecular weight is 261 g/mol. The van der Waals surface area contributed by atoms with Gasteiger partial charge in [-0.2, -0.15) is 0 Å². The minimum atomic E-state index is 0.687. The molecule has 0 aliphatic carbocycles. The Morgan fingerprint density at radius 1 is 0.842 bits per heavy atom. The minimum Gasteiger partial charge on any atom is -0.377 e. The Kier molecular flexibility index (Phi) is 6.41. The van der Waals surface area contributed by atoms with Crippen molar-refractivity contribution in [2.75, 3.05) is 19.0 Å². The summed E-state index contributed by atoms with van der Waals surface area (Å²) in [7, 11) is 4.30. The van der Waals surface area contributed by atoms with Crippen molar-refractivity contribution in [1.29, 1.82) is 0 Å². The van der Waals surface area contributed by atoms with Gasteiger partial charge in [0.2, 0.25) is 0 Å². The Morgan fingerprint density at radius 2 is 1.37 bits per heavy atom. The van der Waals surface area contributed by atoms with Crippen LogP contribution in [0.15, 0.2) is 18.2 Å². The molecule has 1 aromatic carbocycles. The lowest BCUT2D eigenvalue weighted by Crippen LogP contribution is -2.14. The maximum Gasteiger partial charge on any atom is 0.0396 e. The van der Waals surface area contributed by atoms with E-state index in [1.165, 1.54) is 36.9 Å². The van der Waals surface area contributed by atoms with Crippen LogP contribution in [0.2, 0.25) is 0 Å². The molecule has 0 atom stereocenters. The highest BCUT2D eigenvalue weighted by molar-refractivity contribution is 5.56. The Balaban J connectivity index is 3.24. The third kappa shape index (κ3) is 3.75. The van der Waals surface area contributed by atoms with Gasteiger partial charge in [0.25, 0.3) is 0 Å². The topological polar surface area (TPSA) is 3.24 Å². The van der Waals surface area contributed by atoms with Crippen LogP contribution < -0.4 is 4.90 Å². The number of hydrogen-bond acceptors (Lipinski definition) is 1. The quantitative estimate of drug-likeness (QED) is 0.621. The van der Waals surface area contributed by atoms with Gasteiger partial charge >= 0.3 is 0 Å². The normalized spacial score (nSPS) is 11.4. The summed E-state index contributed by atoms with van der Waals surface area (Å²) in [5.74, 6) is 1.40. The molecule has 0 aromatic heterocycles. The van der Waals surface area contributed by atoms with Gasteiger partial charge in [0, 0.05) is 19.8 Å². The molecule has 0 fully saturated rings. The van der Waals surface area contributed by atoms with Crippen LogP contribution in [0.5, 0.6) is 0 Å². The van der Waals surface area contributed by atoms with E-state index in [4.69, 9.17) is 0 Å². The highest BCUT2D eigenvalue weighted by Crippen LogP contribution is 2.35. The Hall–Kier alpha value is -0.980. The minimum absolute atomic E-state index is 0.687. The Bertz CT molecular complexity index is 373. The monoisotopic (exact) mass is 261 g/mol. The molecule has 0 bridgehead atoms. The van der Waals surface area contributed by atoms with Gasteiger partial charge in [-0.3, -0.25) is 0 Å². The fourth-order valence-electron chi connectivity index (χ4n) is 3.05. The van der Waals surface area contributed by atoms with E-state index in [2.05, 4.69) is 64.9 Å². The molecule has 1 aromatic rings. The molecule has 1 nitrogen and oxygen atoms in total. The van der Waals surface area contributed by atoms with Gasteiger partial charge in [0.1, 0.15) is 0 Å². The van der Waals surface area contributed by atoms with E-state index < -0.39 is 0 Å². The lowest BCUT2D eigenvalue weighted by atomic mass is 9.86. The summed E-state index contributed by atoms with van der Waals surface area (Å²) < 4.78 is 0. The zero-order chi connectivity index (χ0) is 14.4. The van der Waals surface area contributed by atoms with Gasteiger partial charge in [-0.25, -0.2) is 0 Å². The predicted molar refractivity (Wildman–Crippen MR) is 87.4 cm³/mol. The predicted octanol–water partition coefficient (Wildman–Crippen LogP) is 5.56. The Labute approximate surface area is 120 Å². The second-order valence-electron chi connectivity index (χ2n) is 5.74. The van der Waals surface area contributed by atoms with Crippen molar-refractivity contribution in [3.05, 3.63) is 29.3 Å². The number of benzene rings is 1. The molecule has 19 heavy (non-hydrogen) atoms. The molecule has 0 saturated carbocycles. The van der Waals surface area contributed by atoms with Crippen LogP contribution >= 0.6 is 0 Å². The van der Waals surface area contributed by atoms with Gasteiger partial charge in [-0.1, -0.05) is 39.8 Å². The maximum atomic E-state index is 2.48. The Morgan fingerprint density at radius 3 is 1.79 bits per heavy atom. The molecule has 0 amide bonds. The first-order valence-corrected chi connectivity index (χ1v) is 7.89. The molecule has 0 N–H and O–H groups in total. The van der Waals surface area contributed by atoms with Gasteiger partial charge in [-0.15, -0.1) is 0 Å². The van der Waals surface area contributed by atoms with Crippen LogP contribution in [0.25, 0.3) is 0 Å². The molecule has 0 aliphatic rings. The van der Waals surface area contributed by atoms with Crippen molar-refractivity contribution in [3.8, 4) is 0 Å². The average Bonchev–Trinajstić information content (AvgIpc) is 2.41. The zero-order valence-corrected chi connectivity index (χ0v) is 13.7. The molecule has 0 saturated heterocycles. The first-order chi connectivity index (χ1) is 9.08. The summed E-state index contributed by atoms with van der Waals surface area (Å²) in [4.78, 5) is 2.25. The summed E-state index contributed by atoms with van der Waals surface area (Å²) >= 11 is 0. The summed E-state index contributed by atoms with van der Waals surface area (Å²) in [5.41, 5.74) is 4.46. The molecule has 0 aliphatic heterocycles. The SMILES string of the molecule is CCC(CC)c1ccc(N(C)C)c(C(CC)CC)c1. The molecule has 108 valence electrons. The maximum absolute atomic E-state index is 2.48. The highest BCUT2D eigenvalue weighted by atomic mass is 15.1. The van der Waals surface area contributed by atoms with Crippen LogP contribution in [-0.2, 0) is 0 Å². The van der Waals surface area contributed by atoms with Gasteiger partial charge in [-0.05, 0) is 54.7 Å². The van der Waals surface area contributed by atoms with Crippen molar-refractivity contribution in [3.63, 3.8) is 0 Å². The third-order valence-corrected chi connectivity index (χ3v) is 4.42. The molecular formula is C18H31N. The zero-order valence-electron chi connectivity index (χ0n) is 13.7. The van der Waals surface area contributed by atoms with Crippen LogP contribution in [0, 0.1) is 0 Å². The van der Waals surface area contributed by atoms with Crippen molar-refractivity contribution in [2.45, 2.75) is 65.2 Å². The summed E-state index contributed by atoms with van der Waals surface area (Å²) in [6, 6.07) is 7.13. The molecule has 1 rings (SSSR count). The lowest BCUT2D eigenvalue weighted by molar-refractivity contribution is 0.623. The van der Waals surface area contributed by atoms with E-state index in [9.17, 15) is 0 Å². The number of anilines is 1. The second-order valence-corrected chi connectivity index (χ2v) is 5.74. The van der Waals surface area contributed by atoms with Crippen LogP contribution in [0.4, 0.5) is 5.69 Å². The molecular weight excluding hydrogens is 230 g/mol. The fraction of sp³-hybridized carbons (Fsp3) is 0.667. The molecule has 0 heterocycles. The third-order valence-electron chi connectivity index (χ3n) is 4.42. The van der Waals surface area contributed by atoms with E-state index in [1.54, 1.807) is 5.56 Å². The number of nitrogens with zero attached hydrogens (tertiary/aromatic N) is 1.